The first-order chi connectivity index (χ1) is 9.24. The van der Waals surface area contributed by atoms with Crippen molar-refractivity contribution in [2.75, 3.05) is 19.6 Å². The summed E-state index contributed by atoms with van der Waals surface area (Å²) < 4.78 is 1.99. The van der Waals surface area contributed by atoms with E-state index in [-0.39, 0.29) is 0 Å². The summed E-state index contributed by atoms with van der Waals surface area (Å²) in [5.74, 6) is 0.705. The van der Waals surface area contributed by atoms with E-state index in [1.807, 2.05) is 22.7 Å². The van der Waals surface area contributed by atoms with E-state index in [1.54, 1.807) is 0 Å². The number of nitrogens with two attached hydrogens (primary N) is 1. The van der Waals surface area contributed by atoms with Gasteiger partial charge in [-0.3, -0.25) is 4.90 Å². The number of hydrogen-bond acceptors (Lipinski definition) is 3. The molecule has 4 nitrogen and oxygen atoms in total. The summed E-state index contributed by atoms with van der Waals surface area (Å²) in [4.78, 5) is 7.08. The minimum atomic E-state index is 0.705. The lowest BCUT2D eigenvalue weighted by Crippen LogP contribution is -2.35. The van der Waals surface area contributed by atoms with Crippen molar-refractivity contribution in [3.8, 4) is 0 Å². The molecule has 3 rings (SSSR count). The highest BCUT2D eigenvalue weighted by atomic mass is 35.5. The van der Waals surface area contributed by atoms with Crippen LogP contribution < -0.4 is 5.73 Å². The van der Waals surface area contributed by atoms with Crippen LogP contribution in [0.15, 0.2) is 24.5 Å². The summed E-state index contributed by atoms with van der Waals surface area (Å²) in [6.45, 7) is 3.98. The maximum Gasteiger partial charge on any atom is 0.137 e. The molecule has 2 N–H and O–H groups in total. The van der Waals surface area contributed by atoms with Crippen LogP contribution in [-0.4, -0.2) is 33.9 Å². The Hall–Kier alpha value is -1.10. The van der Waals surface area contributed by atoms with E-state index in [1.165, 1.54) is 12.8 Å². The highest BCUT2D eigenvalue weighted by Crippen LogP contribution is 2.18. The number of pyridine rings is 1. The fourth-order valence-corrected chi connectivity index (χ4v) is 2.87. The quantitative estimate of drug-likeness (QED) is 0.936. The molecular weight excluding hydrogens is 260 g/mol. The zero-order chi connectivity index (χ0) is 13.2. The Morgan fingerprint density at radius 2 is 2.05 bits per heavy atom. The van der Waals surface area contributed by atoms with Gasteiger partial charge in [-0.25, -0.2) is 4.98 Å². The molecule has 5 heteroatoms. The normalized spacial score (nSPS) is 18.2. The lowest BCUT2D eigenvalue weighted by molar-refractivity contribution is 0.179. The van der Waals surface area contributed by atoms with Gasteiger partial charge in [0.15, 0.2) is 0 Å². The molecule has 102 valence electrons. The van der Waals surface area contributed by atoms with E-state index in [9.17, 15) is 0 Å². The number of rotatable bonds is 3. The Kier molecular flexibility index (Phi) is 3.73. The minimum Gasteiger partial charge on any atom is -0.330 e. The molecule has 0 radical (unpaired) electrons. The van der Waals surface area contributed by atoms with Gasteiger partial charge in [-0.1, -0.05) is 11.6 Å². The van der Waals surface area contributed by atoms with E-state index in [0.717, 1.165) is 42.5 Å². The molecule has 0 spiro atoms. The SMILES string of the molecule is NCC1CCN(Cc2cn3cc(Cl)ccc3n2)CC1. The van der Waals surface area contributed by atoms with E-state index in [2.05, 4.69) is 16.1 Å². The summed E-state index contributed by atoms with van der Waals surface area (Å²) in [6, 6.07) is 3.83. The summed E-state index contributed by atoms with van der Waals surface area (Å²) in [5, 5.41) is 0.736. The Morgan fingerprint density at radius 3 is 2.79 bits per heavy atom. The van der Waals surface area contributed by atoms with Gasteiger partial charge >= 0.3 is 0 Å². The lowest BCUT2D eigenvalue weighted by atomic mass is 9.97. The Bertz CT molecular complexity index is 558. The van der Waals surface area contributed by atoms with E-state index < -0.39 is 0 Å². The highest BCUT2D eigenvalue weighted by molar-refractivity contribution is 6.30. The van der Waals surface area contributed by atoms with Gasteiger partial charge in [0.05, 0.1) is 10.7 Å². The van der Waals surface area contributed by atoms with Gasteiger partial charge in [-0.05, 0) is 50.5 Å². The molecule has 2 aromatic rings. The molecule has 0 aromatic carbocycles. The Morgan fingerprint density at radius 1 is 1.26 bits per heavy atom. The van der Waals surface area contributed by atoms with Gasteiger partial charge in [0, 0.05) is 18.9 Å². The van der Waals surface area contributed by atoms with E-state index in [0.29, 0.717) is 5.92 Å². The van der Waals surface area contributed by atoms with E-state index >= 15 is 0 Å². The van der Waals surface area contributed by atoms with Crippen molar-refractivity contribution in [1.82, 2.24) is 14.3 Å². The smallest absolute Gasteiger partial charge is 0.137 e. The van der Waals surface area contributed by atoms with Crippen molar-refractivity contribution in [3.63, 3.8) is 0 Å². The molecule has 1 saturated heterocycles. The van der Waals surface area contributed by atoms with Crippen molar-refractivity contribution >= 4 is 17.2 Å². The molecule has 3 heterocycles. The molecule has 2 aromatic heterocycles. The predicted octanol–water partition coefficient (Wildman–Crippen LogP) is 2.16. The molecule has 1 aliphatic heterocycles. The molecule has 0 amide bonds. The van der Waals surface area contributed by atoms with Crippen LogP contribution in [0.4, 0.5) is 0 Å². The molecular formula is C14H19ClN4. The van der Waals surface area contributed by atoms with Gasteiger partial charge in [0.2, 0.25) is 0 Å². The topological polar surface area (TPSA) is 46.6 Å². The molecule has 1 aliphatic rings. The van der Waals surface area contributed by atoms with Crippen LogP contribution in [0.25, 0.3) is 5.65 Å². The maximum absolute atomic E-state index is 5.98. The third-order valence-electron chi connectivity index (χ3n) is 3.89. The number of piperidine rings is 1. The van der Waals surface area contributed by atoms with Gasteiger partial charge in [-0.2, -0.15) is 0 Å². The van der Waals surface area contributed by atoms with Crippen molar-refractivity contribution in [1.29, 1.82) is 0 Å². The monoisotopic (exact) mass is 278 g/mol. The minimum absolute atomic E-state index is 0.705. The number of fused-ring (bicyclic) bond motifs is 1. The summed E-state index contributed by atoms with van der Waals surface area (Å²) in [5.41, 5.74) is 7.78. The van der Waals surface area contributed by atoms with Gasteiger partial charge < -0.3 is 10.1 Å². The fraction of sp³-hybridized carbons (Fsp3) is 0.500. The van der Waals surface area contributed by atoms with E-state index in [4.69, 9.17) is 17.3 Å². The molecule has 0 atom stereocenters. The third kappa shape index (κ3) is 2.91. The van der Waals surface area contributed by atoms with Gasteiger partial charge in [0.1, 0.15) is 5.65 Å². The molecule has 19 heavy (non-hydrogen) atoms. The van der Waals surface area contributed by atoms with Crippen LogP contribution in [0, 0.1) is 5.92 Å². The Balaban J connectivity index is 1.68. The average molecular weight is 279 g/mol. The fourth-order valence-electron chi connectivity index (χ4n) is 2.70. The van der Waals surface area contributed by atoms with Crippen LogP contribution >= 0.6 is 11.6 Å². The predicted molar refractivity (Wildman–Crippen MR) is 77.3 cm³/mol. The van der Waals surface area contributed by atoms with Crippen LogP contribution in [0.5, 0.6) is 0 Å². The number of imidazole rings is 1. The summed E-state index contributed by atoms with van der Waals surface area (Å²) in [6.07, 6.45) is 6.37. The number of nitrogens with zero attached hydrogens (tertiary/aromatic N) is 3. The van der Waals surface area contributed by atoms with Gasteiger partial charge in [-0.15, -0.1) is 0 Å². The summed E-state index contributed by atoms with van der Waals surface area (Å²) >= 11 is 5.98. The Labute approximate surface area is 118 Å². The first-order valence-corrected chi connectivity index (χ1v) is 7.18. The highest BCUT2D eigenvalue weighted by Gasteiger charge is 2.18. The largest absolute Gasteiger partial charge is 0.330 e. The molecule has 0 unspecified atom stereocenters. The third-order valence-corrected chi connectivity index (χ3v) is 4.11. The standard InChI is InChI=1S/C14H19ClN4/c15-12-1-2-14-17-13(10-19(14)8-12)9-18-5-3-11(7-16)4-6-18/h1-2,8,10-11H,3-7,9,16H2. The lowest BCUT2D eigenvalue weighted by Gasteiger charge is -2.30. The average Bonchev–Trinajstić information content (AvgIpc) is 2.81. The van der Waals surface area contributed by atoms with Crippen molar-refractivity contribution in [2.45, 2.75) is 19.4 Å². The second-order valence-electron chi connectivity index (χ2n) is 5.30. The second kappa shape index (κ2) is 5.49. The first-order valence-electron chi connectivity index (χ1n) is 6.80. The van der Waals surface area contributed by atoms with Gasteiger partial charge in [0.25, 0.3) is 0 Å². The van der Waals surface area contributed by atoms with Crippen molar-refractivity contribution in [3.05, 3.63) is 35.2 Å². The number of hydrogen-bond donors (Lipinski definition) is 1. The molecule has 0 saturated carbocycles. The number of halogens is 1. The summed E-state index contributed by atoms with van der Waals surface area (Å²) in [7, 11) is 0. The van der Waals surface area contributed by atoms with Crippen LogP contribution in [0.1, 0.15) is 18.5 Å². The number of likely N-dealkylation sites (tertiary alicyclic amines) is 1. The molecule has 0 aliphatic carbocycles. The number of aromatic nitrogens is 2. The van der Waals surface area contributed by atoms with Crippen LogP contribution in [0.2, 0.25) is 5.02 Å². The zero-order valence-corrected chi connectivity index (χ0v) is 11.7. The zero-order valence-electron chi connectivity index (χ0n) is 10.9. The first kappa shape index (κ1) is 12.9. The van der Waals surface area contributed by atoms with Crippen molar-refractivity contribution in [2.24, 2.45) is 11.7 Å². The van der Waals surface area contributed by atoms with Crippen LogP contribution in [0.3, 0.4) is 0 Å². The molecule has 1 fully saturated rings. The molecule has 0 bridgehead atoms. The van der Waals surface area contributed by atoms with Crippen LogP contribution in [-0.2, 0) is 6.54 Å². The van der Waals surface area contributed by atoms with Crippen molar-refractivity contribution < 1.29 is 0 Å². The second-order valence-corrected chi connectivity index (χ2v) is 5.74. The maximum atomic E-state index is 5.98.